The number of hydrogen-bond acceptors (Lipinski definition) is 6. The van der Waals surface area contributed by atoms with Gasteiger partial charge in [-0.2, -0.15) is 0 Å². The lowest BCUT2D eigenvalue weighted by Crippen LogP contribution is -2.26. The molecule has 0 unspecified atom stereocenters. The van der Waals surface area contributed by atoms with Crippen LogP contribution < -0.4 is 15.5 Å². The van der Waals surface area contributed by atoms with Gasteiger partial charge in [0.25, 0.3) is 0 Å². The Morgan fingerprint density at radius 2 is 1.76 bits per heavy atom. The Bertz CT molecular complexity index is 1050. The lowest BCUT2D eigenvalue weighted by atomic mass is 10.1. The zero-order chi connectivity index (χ0) is 24.5. The molecular weight excluding hydrogens is 426 g/mol. The molecule has 0 bridgehead atoms. The van der Waals surface area contributed by atoms with E-state index in [1.807, 2.05) is 24.4 Å². The first-order valence-electron chi connectivity index (χ1n) is 12.6. The molecule has 0 atom stereocenters. The molecule has 0 aliphatic carbocycles. The van der Waals surface area contributed by atoms with E-state index in [0.717, 1.165) is 43.3 Å². The van der Waals surface area contributed by atoms with Gasteiger partial charge in [0.15, 0.2) is 5.65 Å². The van der Waals surface area contributed by atoms with Crippen molar-refractivity contribution in [3.8, 4) is 11.3 Å². The fourth-order valence-electron chi connectivity index (χ4n) is 4.30. The highest BCUT2D eigenvalue weighted by Gasteiger charge is 2.17. The molecule has 0 spiro atoms. The molecular formula is C26H39N7O. The van der Waals surface area contributed by atoms with Crippen LogP contribution in [0.2, 0.25) is 0 Å². The summed E-state index contributed by atoms with van der Waals surface area (Å²) in [5.41, 5.74) is 3.57. The number of nitrogens with zero attached hydrogens (tertiary/aromatic N) is 5. The van der Waals surface area contributed by atoms with Gasteiger partial charge in [0.1, 0.15) is 17.3 Å². The first kappa shape index (κ1) is 25.5. The number of carbonyl (C=O) groups is 1. The van der Waals surface area contributed by atoms with Gasteiger partial charge in [0.05, 0.1) is 12.4 Å². The van der Waals surface area contributed by atoms with Crippen molar-refractivity contribution in [1.29, 1.82) is 0 Å². The molecule has 0 saturated carbocycles. The monoisotopic (exact) mass is 465 g/mol. The minimum Gasteiger partial charge on any atom is -0.372 e. The molecule has 1 aromatic carbocycles. The van der Waals surface area contributed by atoms with Gasteiger partial charge in [-0.1, -0.05) is 26.0 Å². The third-order valence-corrected chi connectivity index (χ3v) is 6.01. The van der Waals surface area contributed by atoms with Crippen LogP contribution >= 0.6 is 0 Å². The fourth-order valence-corrected chi connectivity index (χ4v) is 4.30. The van der Waals surface area contributed by atoms with E-state index >= 15 is 0 Å². The summed E-state index contributed by atoms with van der Waals surface area (Å²) in [5.74, 6) is 1.30. The number of benzene rings is 1. The minimum atomic E-state index is -0.131. The number of aromatic nitrogens is 3. The molecule has 34 heavy (non-hydrogen) atoms. The molecule has 3 aromatic rings. The zero-order valence-electron chi connectivity index (χ0n) is 21.3. The van der Waals surface area contributed by atoms with E-state index in [0.29, 0.717) is 11.5 Å². The maximum absolute atomic E-state index is 12.0. The molecule has 0 radical (unpaired) electrons. The highest BCUT2D eigenvalue weighted by Crippen LogP contribution is 2.30. The number of likely N-dealkylation sites (tertiary alicyclic amines) is 1. The molecule has 4 rings (SSSR count). The van der Waals surface area contributed by atoms with Crippen LogP contribution in [0.4, 0.5) is 17.3 Å². The smallest absolute Gasteiger partial charge is 0.222 e. The van der Waals surface area contributed by atoms with E-state index < -0.39 is 0 Å². The van der Waals surface area contributed by atoms with E-state index in [4.69, 9.17) is 4.98 Å². The van der Waals surface area contributed by atoms with E-state index in [2.05, 4.69) is 63.5 Å². The summed E-state index contributed by atoms with van der Waals surface area (Å²) in [6.45, 7) is 15.9. The van der Waals surface area contributed by atoms with Crippen LogP contribution in [0.3, 0.4) is 0 Å². The third-order valence-electron chi connectivity index (χ3n) is 6.01. The molecule has 8 heteroatoms. The Balaban J connectivity index is 0.00000158. The Hall–Kier alpha value is -3.13. The number of hydrogen-bond donors (Lipinski definition) is 2. The lowest BCUT2D eigenvalue weighted by molar-refractivity contribution is -0.114. The van der Waals surface area contributed by atoms with Crippen molar-refractivity contribution in [2.24, 2.45) is 0 Å². The zero-order valence-corrected chi connectivity index (χ0v) is 21.3. The van der Waals surface area contributed by atoms with Crippen molar-refractivity contribution in [1.82, 2.24) is 19.3 Å². The Morgan fingerprint density at radius 1 is 1.09 bits per heavy atom. The van der Waals surface area contributed by atoms with Gasteiger partial charge >= 0.3 is 0 Å². The second kappa shape index (κ2) is 12.4. The average Bonchev–Trinajstić information content (AvgIpc) is 3.50. The molecule has 2 aromatic heterocycles. The standard InChI is InChI=1S/C24H33N7O.C2H6/c1-4-30(5-2)20-10-8-19(9-11-20)23-24(27-18(3)32)31-17-21(26-16-22(31)28-23)25-12-15-29-13-6-7-14-29;1-2/h8-11,16-17,25H,4-7,12-15H2,1-3H3,(H,27,32);1-2H3. The summed E-state index contributed by atoms with van der Waals surface area (Å²) in [6, 6.07) is 8.33. The number of imidazole rings is 1. The summed E-state index contributed by atoms with van der Waals surface area (Å²) >= 11 is 0. The molecule has 1 fully saturated rings. The summed E-state index contributed by atoms with van der Waals surface area (Å²) in [5, 5.41) is 6.38. The Kier molecular flexibility index (Phi) is 9.27. The van der Waals surface area contributed by atoms with Gasteiger partial charge in [0.2, 0.25) is 5.91 Å². The number of nitrogens with one attached hydrogen (secondary N) is 2. The highest BCUT2D eigenvalue weighted by atomic mass is 16.1. The molecule has 184 valence electrons. The van der Waals surface area contributed by atoms with Crippen molar-refractivity contribution in [3.05, 3.63) is 36.7 Å². The Morgan fingerprint density at radius 3 is 2.38 bits per heavy atom. The number of amides is 1. The number of fused-ring (bicyclic) bond motifs is 1. The maximum Gasteiger partial charge on any atom is 0.222 e. The van der Waals surface area contributed by atoms with Gasteiger partial charge in [-0.25, -0.2) is 9.97 Å². The summed E-state index contributed by atoms with van der Waals surface area (Å²) in [6.07, 6.45) is 6.23. The van der Waals surface area contributed by atoms with Crippen LogP contribution in [0.15, 0.2) is 36.7 Å². The number of carbonyl (C=O) groups excluding carboxylic acids is 1. The van der Waals surface area contributed by atoms with Gasteiger partial charge in [0, 0.05) is 44.4 Å². The van der Waals surface area contributed by atoms with Crippen molar-refractivity contribution >= 4 is 28.9 Å². The van der Waals surface area contributed by atoms with Crippen LogP contribution in [-0.4, -0.2) is 64.4 Å². The second-order valence-electron chi connectivity index (χ2n) is 8.19. The van der Waals surface area contributed by atoms with Crippen molar-refractivity contribution in [2.75, 3.05) is 54.8 Å². The minimum absolute atomic E-state index is 0.131. The first-order chi connectivity index (χ1) is 16.6. The quantitative estimate of drug-likeness (QED) is 0.476. The van der Waals surface area contributed by atoms with Crippen LogP contribution in [0.25, 0.3) is 16.9 Å². The topological polar surface area (TPSA) is 77.8 Å². The van der Waals surface area contributed by atoms with Crippen LogP contribution in [0, 0.1) is 0 Å². The van der Waals surface area contributed by atoms with Crippen molar-refractivity contribution in [3.63, 3.8) is 0 Å². The largest absolute Gasteiger partial charge is 0.372 e. The normalized spacial score (nSPS) is 13.4. The molecule has 1 saturated heterocycles. The summed E-state index contributed by atoms with van der Waals surface area (Å²) in [7, 11) is 0. The van der Waals surface area contributed by atoms with Crippen molar-refractivity contribution < 1.29 is 4.79 Å². The molecule has 3 heterocycles. The SMILES string of the molecule is CC.CCN(CC)c1ccc(-c2nc3cnc(NCCN4CCCC4)cn3c2NC(C)=O)cc1. The van der Waals surface area contributed by atoms with Crippen LogP contribution in [0.1, 0.15) is 47.5 Å². The van der Waals surface area contributed by atoms with Gasteiger partial charge in [-0.15, -0.1) is 0 Å². The first-order valence-corrected chi connectivity index (χ1v) is 12.6. The lowest BCUT2D eigenvalue weighted by Gasteiger charge is -2.21. The van der Waals surface area contributed by atoms with E-state index in [-0.39, 0.29) is 5.91 Å². The molecule has 1 amide bonds. The molecule has 8 nitrogen and oxygen atoms in total. The van der Waals surface area contributed by atoms with Crippen molar-refractivity contribution in [2.45, 2.75) is 47.5 Å². The maximum atomic E-state index is 12.0. The predicted octanol–water partition coefficient (Wildman–Crippen LogP) is 4.73. The second-order valence-corrected chi connectivity index (χ2v) is 8.19. The van der Waals surface area contributed by atoms with Gasteiger partial charge < -0.3 is 20.4 Å². The third kappa shape index (κ3) is 6.05. The summed E-state index contributed by atoms with van der Waals surface area (Å²) < 4.78 is 1.90. The van der Waals surface area contributed by atoms with Crippen LogP contribution in [0.5, 0.6) is 0 Å². The summed E-state index contributed by atoms with van der Waals surface area (Å²) in [4.78, 5) is 26.0. The fraction of sp³-hybridized carbons (Fsp3) is 0.500. The van der Waals surface area contributed by atoms with E-state index in [1.54, 1.807) is 6.20 Å². The predicted molar refractivity (Wildman–Crippen MR) is 142 cm³/mol. The van der Waals surface area contributed by atoms with E-state index in [1.165, 1.54) is 38.5 Å². The number of rotatable bonds is 9. The Labute approximate surface area is 203 Å². The molecule has 1 aliphatic heterocycles. The number of anilines is 3. The molecule has 2 N–H and O–H groups in total. The average molecular weight is 466 g/mol. The van der Waals surface area contributed by atoms with Gasteiger partial charge in [-0.3, -0.25) is 9.20 Å². The molecule has 1 aliphatic rings. The van der Waals surface area contributed by atoms with Crippen LogP contribution in [-0.2, 0) is 4.79 Å². The van der Waals surface area contributed by atoms with E-state index in [9.17, 15) is 4.79 Å². The highest BCUT2D eigenvalue weighted by molar-refractivity contribution is 5.93. The van der Waals surface area contributed by atoms with Gasteiger partial charge in [-0.05, 0) is 51.9 Å².